The number of amides is 2. The van der Waals surface area contributed by atoms with E-state index in [0.29, 0.717) is 5.69 Å². The van der Waals surface area contributed by atoms with Crippen LogP contribution in [0.1, 0.15) is 40.8 Å². The van der Waals surface area contributed by atoms with Gasteiger partial charge in [-0.3, -0.25) is 4.68 Å². The number of nitrogens with one attached hydrogen (secondary N) is 2. The maximum absolute atomic E-state index is 12.8. The summed E-state index contributed by atoms with van der Waals surface area (Å²) in [5, 5.41) is 16.3. The second-order valence-electron chi connectivity index (χ2n) is 7.70. The smallest absolute Gasteiger partial charge is 0.333 e. The van der Waals surface area contributed by atoms with Crippen molar-refractivity contribution in [2.24, 2.45) is 0 Å². The highest BCUT2D eigenvalue weighted by Gasteiger charge is 2.30. The third kappa shape index (κ3) is 3.21. The number of urea groups is 1. The Hall–Kier alpha value is -2.43. The van der Waals surface area contributed by atoms with Gasteiger partial charge in [-0.2, -0.15) is 5.10 Å². The summed E-state index contributed by atoms with van der Waals surface area (Å²) in [4.78, 5) is 12.5. The fourth-order valence-corrected chi connectivity index (χ4v) is 5.65. The molecule has 0 fully saturated rings. The molecule has 2 amide bonds. The molecule has 1 aromatic heterocycles. The number of benzene rings is 1. The molecule has 1 aromatic carbocycles. The van der Waals surface area contributed by atoms with Crippen molar-refractivity contribution in [3.63, 3.8) is 0 Å². The summed E-state index contributed by atoms with van der Waals surface area (Å²) in [5.74, 6) is 0. The van der Waals surface area contributed by atoms with Crippen LogP contribution in [0.25, 0.3) is 0 Å². The Kier molecular flexibility index (Phi) is 4.37. The molecule has 0 bridgehead atoms. The fraction of sp³-hybridized carbons (Fsp3) is 0.474. The summed E-state index contributed by atoms with van der Waals surface area (Å²) in [5.41, 5.74) is 5.85. The second-order valence-corrected chi connectivity index (χ2v) is 9.35. The molecule has 2 aromatic rings. The first-order chi connectivity index (χ1) is 13.9. The Labute approximate surface area is 168 Å². The second kappa shape index (κ2) is 6.82. The molecular weight excluding hydrogens is 396 g/mol. The number of aliphatic hydroxyl groups excluding tert-OH is 1. The molecule has 0 radical (unpaired) electrons. The lowest BCUT2D eigenvalue weighted by atomic mass is 9.99. The SMILES string of the molecule is O=C(Nc1c2c(cc3c1CCC3)CCC2)NS(=O)(=O)c1cnn2c1CO[C@@H](O)C2. The summed E-state index contributed by atoms with van der Waals surface area (Å²) in [6.45, 7) is -0.0575. The molecule has 5 rings (SSSR count). The number of fused-ring (bicyclic) bond motifs is 3. The molecule has 2 aliphatic carbocycles. The number of hydrogen-bond donors (Lipinski definition) is 3. The van der Waals surface area contributed by atoms with Crippen molar-refractivity contribution in [1.82, 2.24) is 14.5 Å². The topological polar surface area (TPSA) is 123 Å². The van der Waals surface area contributed by atoms with E-state index < -0.39 is 22.3 Å². The highest BCUT2D eigenvalue weighted by molar-refractivity contribution is 7.90. The van der Waals surface area contributed by atoms with Crippen molar-refractivity contribution in [2.45, 2.75) is 62.9 Å². The molecule has 154 valence electrons. The monoisotopic (exact) mass is 418 g/mol. The van der Waals surface area contributed by atoms with Gasteiger partial charge in [-0.1, -0.05) is 6.07 Å². The molecule has 2 heterocycles. The number of hydrogen-bond acceptors (Lipinski definition) is 6. The predicted octanol–water partition coefficient (Wildman–Crippen LogP) is 1.22. The average molecular weight is 418 g/mol. The van der Waals surface area contributed by atoms with Gasteiger partial charge in [0.25, 0.3) is 10.0 Å². The Balaban J connectivity index is 1.40. The van der Waals surface area contributed by atoms with Gasteiger partial charge in [-0.15, -0.1) is 0 Å². The molecule has 0 spiro atoms. The Bertz CT molecular complexity index is 1080. The van der Waals surface area contributed by atoms with Crippen LogP contribution in [0, 0.1) is 0 Å². The van der Waals surface area contributed by atoms with Crippen LogP contribution >= 0.6 is 0 Å². The first kappa shape index (κ1) is 18.6. The minimum atomic E-state index is -4.13. The van der Waals surface area contributed by atoms with Gasteiger partial charge >= 0.3 is 6.03 Å². The Morgan fingerprint density at radius 2 is 1.86 bits per heavy atom. The van der Waals surface area contributed by atoms with E-state index >= 15 is 0 Å². The van der Waals surface area contributed by atoms with Crippen molar-refractivity contribution in [3.05, 3.63) is 40.2 Å². The van der Waals surface area contributed by atoms with Crippen molar-refractivity contribution in [2.75, 3.05) is 5.32 Å². The van der Waals surface area contributed by atoms with Crippen LogP contribution in [0.15, 0.2) is 17.2 Å². The highest BCUT2D eigenvalue weighted by Crippen LogP contribution is 2.38. The third-order valence-electron chi connectivity index (χ3n) is 5.88. The minimum Gasteiger partial charge on any atom is -0.366 e. The molecule has 10 heteroatoms. The summed E-state index contributed by atoms with van der Waals surface area (Å²) in [6.07, 6.45) is 5.99. The number of ether oxygens (including phenoxy) is 1. The van der Waals surface area contributed by atoms with E-state index in [1.54, 1.807) is 0 Å². The van der Waals surface area contributed by atoms with Crippen LogP contribution in [0.2, 0.25) is 0 Å². The van der Waals surface area contributed by atoms with E-state index in [1.165, 1.54) is 22.0 Å². The van der Waals surface area contributed by atoms with Crippen LogP contribution < -0.4 is 10.0 Å². The van der Waals surface area contributed by atoms with Crippen molar-refractivity contribution in [3.8, 4) is 0 Å². The number of carbonyl (C=O) groups excluding carboxylic acids is 1. The number of nitrogens with zero attached hydrogens (tertiary/aromatic N) is 2. The van der Waals surface area contributed by atoms with Crippen LogP contribution in [-0.2, 0) is 53.6 Å². The molecule has 3 N–H and O–H groups in total. The molecule has 3 aliphatic rings. The van der Waals surface area contributed by atoms with Gasteiger partial charge in [0.2, 0.25) is 0 Å². The van der Waals surface area contributed by atoms with E-state index in [4.69, 9.17) is 4.74 Å². The van der Waals surface area contributed by atoms with E-state index in [1.807, 2.05) is 0 Å². The third-order valence-corrected chi connectivity index (χ3v) is 7.25. The molecule has 0 unspecified atom stereocenters. The van der Waals surface area contributed by atoms with Gasteiger partial charge in [-0.25, -0.2) is 17.9 Å². The molecular formula is C19H22N4O5S. The van der Waals surface area contributed by atoms with Gasteiger partial charge in [0.15, 0.2) is 6.29 Å². The summed E-state index contributed by atoms with van der Waals surface area (Å²) < 4.78 is 34.1. The van der Waals surface area contributed by atoms with Gasteiger partial charge in [0, 0.05) is 5.69 Å². The van der Waals surface area contributed by atoms with E-state index in [0.717, 1.165) is 55.3 Å². The number of carbonyl (C=O) groups is 1. The number of aryl methyl sites for hydroxylation is 2. The molecule has 1 atom stereocenters. The Morgan fingerprint density at radius 1 is 1.17 bits per heavy atom. The van der Waals surface area contributed by atoms with Crippen LogP contribution in [0.5, 0.6) is 0 Å². The molecule has 9 nitrogen and oxygen atoms in total. The lowest BCUT2D eigenvalue weighted by Gasteiger charge is -2.20. The first-order valence-corrected chi connectivity index (χ1v) is 11.3. The zero-order valence-corrected chi connectivity index (χ0v) is 16.6. The fourth-order valence-electron chi connectivity index (χ4n) is 4.58. The van der Waals surface area contributed by atoms with Crippen molar-refractivity contribution < 1.29 is 23.1 Å². The standard InChI is InChI=1S/C19H22N4O5S/c24-17-9-23-15(10-28-17)16(8-20-23)29(26,27)22-19(25)21-18-13-5-1-3-11(13)7-12-4-2-6-14(12)18/h7-8,17,24H,1-6,9-10H2,(H2,21,22,25)/t17-/m1/s1. The van der Waals surface area contributed by atoms with Gasteiger partial charge in [0.05, 0.1) is 25.0 Å². The number of rotatable bonds is 3. The van der Waals surface area contributed by atoms with Crippen LogP contribution in [-0.4, -0.2) is 35.6 Å². The lowest BCUT2D eigenvalue weighted by molar-refractivity contribution is -0.135. The largest absolute Gasteiger partial charge is 0.366 e. The number of sulfonamides is 1. The summed E-state index contributed by atoms with van der Waals surface area (Å²) >= 11 is 0. The zero-order valence-electron chi connectivity index (χ0n) is 15.8. The van der Waals surface area contributed by atoms with E-state index in [-0.39, 0.29) is 18.0 Å². The maximum atomic E-state index is 12.8. The van der Waals surface area contributed by atoms with E-state index in [9.17, 15) is 18.3 Å². The van der Waals surface area contributed by atoms with Crippen LogP contribution in [0.3, 0.4) is 0 Å². The number of aromatic nitrogens is 2. The van der Waals surface area contributed by atoms with Crippen LogP contribution in [0.4, 0.5) is 10.5 Å². The van der Waals surface area contributed by atoms with Gasteiger partial charge in [-0.05, 0) is 60.8 Å². The first-order valence-electron chi connectivity index (χ1n) is 9.77. The maximum Gasteiger partial charge on any atom is 0.333 e. The van der Waals surface area contributed by atoms with E-state index in [2.05, 4.69) is 21.2 Å². The lowest BCUT2D eigenvalue weighted by Crippen LogP contribution is -2.36. The normalized spacial score (nSPS) is 20.1. The summed E-state index contributed by atoms with van der Waals surface area (Å²) in [6, 6.07) is 1.47. The molecule has 0 saturated heterocycles. The highest BCUT2D eigenvalue weighted by atomic mass is 32.2. The predicted molar refractivity (Wildman–Crippen MR) is 103 cm³/mol. The Morgan fingerprint density at radius 3 is 2.55 bits per heavy atom. The quantitative estimate of drug-likeness (QED) is 0.689. The van der Waals surface area contributed by atoms with Gasteiger partial charge < -0.3 is 15.2 Å². The number of aliphatic hydroxyl groups is 1. The average Bonchev–Trinajstić information content (AvgIpc) is 3.39. The number of anilines is 1. The summed E-state index contributed by atoms with van der Waals surface area (Å²) in [7, 11) is -4.13. The molecule has 1 aliphatic heterocycles. The minimum absolute atomic E-state index is 0.0410. The molecule has 0 saturated carbocycles. The van der Waals surface area contributed by atoms with Crippen molar-refractivity contribution >= 4 is 21.7 Å². The van der Waals surface area contributed by atoms with Crippen molar-refractivity contribution in [1.29, 1.82) is 0 Å². The van der Waals surface area contributed by atoms with Gasteiger partial charge in [0.1, 0.15) is 4.90 Å². The zero-order chi connectivity index (χ0) is 20.2. The molecule has 29 heavy (non-hydrogen) atoms.